The minimum Gasteiger partial charge on any atom is -0.338 e. The molecule has 1 amide bonds. The average Bonchev–Trinajstić information content (AvgIpc) is 3.42. The molecule has 3 aromatic carbocycles. The normalized spacial score (nSPS) is 11.4. The van der Waals surface area contributed by atoms with Gasteiger partial charge in [-0.25, -0.2) is 9.97 Å². The van der Waals surface area contributed by atoms with Gasteiger partial charge in [-0.3, -0.25) is 15.1 Å². The Labute approximate surface area is 176 Å². The number of imidazole rings is 2. The Bertz CT molecular complexity index is 1560. The lowest BCUT2D eigenvalue weighted by Crippen LogP contribution is -2.15. The van der Waals surface area contributed by atoms with Crippen LogP contribution in [-0.2, 0) is 0 Å². The molecule has 6 aromatic rings. The van der Waals surface area contributed by atoms with E-state index < -0.39 is 0 Å². The summed E-state index contributed by atoms with van der Waals surface area (Å²) < 4.78 is 0. The number of hydrogen-bond donors (Lipinski definition) is 3. The highest BCUT2D eigenvalue weighted by atomic mass is 16.2. The van der Waals surface area contributed by atoms with Gasteiger partial charge in [-0.2, -0.15) is 0 Å². The summed E-state index contributed by atoms with van der Waals surface area (Å²) >= 11 is 0. The Morgan fingerprint density at radius 3 is 2.58 bits per heavy atom. The fraction of sp³-hybridized carbons (Fsp3) is 0. The molecule has 0 spiro atoms. The zero-order chi connectivity index (χ0) is 20.8. The zero-order valence-corrected chi connectivity index (χ0v) is 16.3. The number of carbonyl (C=O) groups is 1. The summed E-state index contributed by atoms with van der Waals surface area (Å²) in [7, 11) is 0. The van der Waals surface area contributed by atoms with Crippen LogP contribution < -0.4 is 5.32 Å². The van der Waals surface area contributed by atoms with Crippen LogP contribution in [0.4, 0.5) is 5.95 Å². The third-order valence-electron chi connectivity index (χ3n) is 5.28. The van der Waals surface area contributed by atoms with E-state index in [9.17, 15) is 4.79 Å². The van der Waals surface area contributed by atoms with Crippen LogP contribution in [0.3, 0.4) is 0 Å². The van der Waals surface area contributed by atoms with Gasteiger partial charge < -0.3 is 9.97 Å². The first-order valence-electron chi connectivity index (χ1n) is 9.85. The van der Waals surface area contributed by atoms with Crippen molar-refractivity contribution in [2.45, 2.75) is 0 Å². The van der Waals surface area contributed by atoms with E-state index in [0.29, 0.717) is 11.6 Å². The quantitative estimate of drug-likeness (QED) is 0.390. The molecule has 0 aliphatic rings. The van der Waals surface area contributed by atoms with Crippen molar-refractivity contribution in [3.63, 3.8) is 0 Å². The Morgan fingerprint density at radius 1 is 0.806 bits per heavy atom. The lowest BCUT2D eigenvalue weighted by Gasteiger charge is -2.05. The summed E-state index contributed by atoms with van der Waals surface area (Å²) in [6.45, 7) is 0. The van der Waals surface area contributed by atoms with Crippen molar-refractivity contribution in [2.75, 3.05) is 5.32 Å². The van der Waals surface area contributed by atoms with Crippen LogP contribution >= 0.6 is 0 Å². The van der Waals surface area contributed by atoms with Gasteiger partial charge >= 0.3 is 0 Å². The fourth-order valence-corrected chi connectivity index (χ4v) is 3.84. The number of aromatic nitrogens is 5. The third kappa shape index (κ3) is 2.91. The second-order valence-corrected chi connectivity index (χ2v) is 7.22. The van der Waals surface area contributed by atoms with Crippen LogP contribution in [0.15, 0.2) is 79.0 Å². The largest absolute Gasteiger partial charge is 0.338 e. The maximum absolute atomic E-state index is 12.9. The molecule has 3 aromatic heterocycles. The number of para-hydroxylation sites is 3. The molecule has 0 aliphatic carbocycles. The van der Waals surface area contributed by atoms with Crippen LogP contribution in [0.1, 0.15) is 10.5 Å². The van der Waals surface area contributed by atoms with Crippen LogP contribution in [-0.4, -0.2) is 30.8 Å². The molecule has 0 unspecified atom stereocenters. The second-order valence-electron chi connectivity index (χ2n) is 7.22. The fourth-order valence-electron chi connectivity index (χ4n) is 3.84. The molecule has 0 saturated heterocycles. The topological polar surface area (TPSA) is 99.4 Å². The van der Waals surface area contributed by atoms with Crippen molar-refractivity contribution >= 4 is 44.7 Å². The molecule has 148 valence electrons. The molecule has 31 heavy (non-hydrogen) atoms. The molecule has 7 nitrogen and oxygen atoms in total. The molecule has 0 atom stereocenters. The third-order valence-corrected chi connectivity index (χ3v) is 5.28. The van der Waals surface area contributed by atoms with E-state index in [1.54, 1.807) is 6.20 Å². The molecular weight excluding hydrogens is 388 g/mol. The van der Waals surface area contributed by atoms with E-state index >= 15 is 0 Å². The lowest BCUT2D eigenvalue weighted by atomic mass is 10.1. The molecule has 6 rings (SSSR count). The van der Waals surface area contributed by atoms with Crippen molar-refractivity contribution in [3.05, 3.63) is 84.7 Å². The van der Waals surface area contributed by atoms with Gasteiger partial charge in [0, 0.05) is 17.1 Å². The SMILES string of the molecule is O=C(Nc1nc2cccc(-c3nc4ccccc4[nH]3)c2[nH]1)c1nccc2ccccc12. The predicted octanol–water partition coefficient (Wildman–Crippen LogP) is 4.91. The average molecular weight is 404 g/mol. The number of nitrogens with one attached hydrogen (secondary N) is 3. The molecule has 0 radical (unpaired) electrons. The summed E-state index contributed by atoms with van der Waals surface area (Å²) in [6.07, 6.45) is 1.63. The van der Waals surface area contributed by atoms with Crippen LogP contribution in [0, 0.1) is 0 Å². The van der Waals surface area contributed by atoms with Crippen molar-refractivity contribution < 1.29 is 4.79 Å². The summed E-state index contributed by atoms with van der Waals surface area (Å²) in [5.74, 6) is 0.781. The predicted molar refractivity (Wildman–Crippen MR) is 121 cm³/mol. The number of anilines is 1. The van der Waals surface area contributed by atoms with Gasteiger partial charge in [0.1, 0.15) is 11.5 Å². The second kappa shape index (κ2) is 6.77. The van der Waals surface area contributed by atoms with Crippen LogP contribution in [0.5, 0.6) is 0 Å². The van der Waals surface area contributed by atoms with Gasteiger partial charge in [0.05, 0.1) is 22.1 Å². The number of fused-ring (bicyclic) bond motifs is 3. The monoisotopic (exact) mass is 404 g/mol. The molecule has 3 heterocycles. The highest BCUT2D eigenvalue weighted by molar-refractivity contribution is 6.11. The number of amides is 1. The first kappa shape index (κ1) is 17.3. The summed E-state index contributed by atoms with van der Waals surface area (Å²) in [5, 5.41) is 4.60. The van der Waals surface area contributed by atoms with Gasteiger partial charge in [0.25, 0.3) is 5.91 Å². The van der Waals surface area contributed by atoms with Crippen molar-refractivity contribution in [3.8, 4) is 11.4 Å². The number of H-pyrrole nitrogens is 2. The van der Waals surface area contributed by atoms with Crippen LogP contribution in [0.2, 0.25) is 0 Å². The number of hydrogen-bond acceptors (Lipinski definition) is 4. The number of carbonyl (C=O) groups excluding carboxylic acids is 1. The molecule has 7 heteroatoms. The number of pyridine rings is 1. The Balaban J connectivity index is 1.39. The van der Waals surface area contributed by atoms with Gasteiger partial charge in [-0.1, -0.05) is 42.5 Å². The van der Waals surface area contributed by atoms with E-state index in [1.807, 2.05) is 72.8 Å². The molecular formula is C24H16N6O. The van der Waals surface area contributed by atoms with E-state index in [4.69, 9.17) is 0 Å². The lowest BCUT2D eigenvalue weighted by molar-refractivity contribution is 0.102. The highest BCUT2D eigenvalue weighted by Gasteiger charge is 2.16. The van der Waals surface area contributed by atoms with E-state index in [0.717, 1.165) is 44.2 Å². The van der Waals surface area contributed by atoms with Crippen LogP contribution in [0.25, 0.3) is 44.2 Å². The number of rotatable bonds is 3. The number of nitrogens with zero attached hydrogens (tertiary/aromatic N) is 3. The summed E-state index contributed by atoms with van der Waals surface area (Å²) in [4.78, 5) is 33.0. The minimum atomic E-state index is -0.318. The van der Waals surface area contributed by atoms with Gasteiger partial charge in [-0.05, 0) is 35.7 Å². The van der Waals surface area contributed by atoms with Crippen molar-refractivity contribution in [2.24, 2.45) is 0 Å². The van der Waals surface area contributed by atoms with E-state index in [1.165, 1.54) is 0 Å². The maximum atomic E-state index is 12.9. The zero-order valence-electron chi connectivity index (χ0n) is 16.3. The molecule has 0 aliphatic heterocycles. The van der Waals surface area contributed by atoms with E-state index in [-0.39, 0.29) is 5.91 Å². The number of aromatic amines is 2. The Hall–Kier alpha value is -4.52. The number of benzene rings is 3. The Kier molecular flexibility index (Phi) is 3.79. The smallest absolute Gasteiger partial charge is 0.277 e. The maximum Gasteiger partial charge on any atom is 0.277 e. The summed E-state index contributed by atoms with van der Waals surface area (Å²) in [6, 6.07) is 23.2. The highest BCUT2D eigenvalue weighted by Crippen LogP contribution is 2.28. The Morgan fingerprint density at radius 2 is 1.65 bits per heavy atom. The van der Waals surface area contributed by atoms with Gasteiger partial charge in [0.2, 0.25) is 5.95 Å². The molecule has 0 fully saturated rings. The van der Waals surface area contributed by atoms with Crippen molar-refractivity contribution in [1.29, 1.82) is 0 Å². The molecule has 3 N–H and O–H groups in total. The molecule has 0 saturated carbocycles. The first-order chi connectivity index (χ1) is 15.3. The van der Waals surface area contributed by atoms with E-state index in [2.05, 4.69) is 30.2 Å². The van der Waals surface area contributed by atoms with Crippen molar-refractivity contribution in [1.82, 2.24) is 24.9 Å². The van der Waals surface area contributed by atoms with Gasteiger partial charge in [-0.15, -0.1) is 0 Å². The summed E-state index contributed by atoms with van der Waals surface area (Å²) in [5.41, 5.74) is 4.62. The van der Waals surface area contributed by atoms with Gasteiger partial charge in [0.15, 0.2) is 0 Å². The first-order valence-corrected chi connectivity index (χ1v) is 9.85. The minimum absolute atomic E-state index is 0.318. The molecule has 0 bridgehead atoms. The standard InChI is InChI=1S/C24H16N6O/c31-23(21-15-7-2-1-6-14(15)12-13-25-21)30-24-28-19-11-5-8-16(20(19)29-24)22-26-17-9-3-4-10-18(17)27-22/h1-13H,(H,26,27)(H2,28,29,30,31).